The molecule has 0 radical (unpaired) electrons. The number of methoxy groups -OCH3 is 1. The number of ether oxygens (including phenoxy) is 3. The van der Waals surface area contributed by atoms with E-state index in [9.17, 15) is 4.39 Å². The molecule has 0 N–H and O–H groups in total. The van der Waals surface area contributed by atoms with Crippen molar-refractivity contribution in [3.63, 3.8) is 0 Å². The minimum atomic E-state index is -1.17. The number of rotatable bonds is 9. The highest BCUT2D eigenvalue weighted by Gasteiger charge is 2.25. The van der Waals surface area contributed by atoms with Crippen LogP contribution in [0.4, 0.5) is 4.39 Å². The van der Waals surface area contributed by atoms with Crippen LogP contribution in [0.25, 0.3) is 27.6 Å². The molecule has 0 spiro atoms. The van der Waals surface area contributed by atoms with E-state index in [0.717, 1.165) is 58.6 Å². The fourth-order valence-corrected chi connectivity index (χ4v) is 5.47. The van der Waals surface area contributed by atoms with Crippen molar-refractivity contribution < 1.29 is 18.6 Å². The summed E-state index contributed by atoms with van der Waals surface area (Å²) in [6, 6.07) is 5.98. The Hall–Kier alpha value is -2.53. The molecule has 0 amide bonds. The molecular formula is C25H34FN5O3Si. The van der Waals surface area contributed by atoms with Gasteiger partial charge in [-0.05, 0) is 43.5 Å². The molecule has 10 heteroatoms. The van der Waals surface area contributed by atoms with Gasteiger partial charge in [0, 0.05) is 33.8 Å². The van der Waals surface area contributed by atoms with Crippen molar-refractivity contribution in [3.8, 4) is 5.69 Å². The zero-order chi connectivity index (χ0) is 24.6. The first-order valence-electron chi connectivity index (χ1n) is 12.3. The van der Waals surface area contributed by atoms with Gasteiger partial charge < -0.3 is 18.8 Å². The van der Waals surface area contributed by atoms with Crippen molar-refractivity contribution in [3.05, 3.63) is 42.1 Å². The predicted molar refractivity (Wildman–Crippen MR) is 136 cm³/mol. The van der Waals surface area contributed by atoms with Gasteiger partial charge in [-0.3, -0.25) is 0 Å². The second-order valence-electron chi connectivity index (χ2n) is 10.4. The van der Waals surface area contributed by atoms with Crippen LogP contribution in [0.3, 0.4) is 0 Å². The average Bonchev–Trinajstić information content (AvgIpc) is 3.50. The molecule has 1 aliphatic heterocycles. The molecule has 8 nitrogen and oxygen atoms in total. The van der Waals surface area contributed by atoms with E-state index in [1.54, 1.807) is 13.2 Å². The summed E-state index contributed by atoms with van der Waals surface area (Å²) in [7, 11) is 0.497. The highest BCUT2D eigenvalue weighted by Crippen LogP contribution is 2.36. The smallest absolute Gasteiger partial charge is 0.150 e. The minimum Gasteiger partial charge on any atom is -0.378 e. The summed E-state index contributed by atoms with van der Waals surface area (Å²) in [5.41, 5.74) is 4.41. The van der Waals surface area contributed by atoms with Gasteiger partial charge in [0.1, 0.15) is 12.5 Å². The van der Waals surface area contributed by atoms with Crippen LogP contribution in [0, 0.1) is 5.82 Å². The van der Waals surface area contributed by atoms with Crippen molar-refractivity contribution in [1.82, 2.24) is 24.1 Å². The van der Waals surface area contributed by atoms with Gasteiger partial charge in [0.15, 0.2) is 6.23 Å². The maximum atomic E-state index is 14.4. The zero-order valence-electron chi connectivity index (χ0n) is 21.0. The van der Waals surface area contributed by atoms with Crippen molar-refractivity contribution in [1.29, 1.82) is 0 Å². The molecule has 1 unspecified atom stereocenters. The lowest BCUT2D eigenvalue weighted by Gasteiger charge is -2.23. The van der Waals surface area contributed by atoms with Gasteiger partial charge in [-0.1, -0.05) is 19.6 Å². The predicted octanol–water partition coefficient (Wildman–Crippen LogP) is 5.47. The fourth-order valence-electron chi connectivity index (χ4n) is 4.71. The third-order valence-electron chi connectivity index (χ3n) is 6.56. The molecule has 1 aliphatic rings. The normalized spacial score (nSPS) is 17.1. The SMILES string of the molecule is COCc1c(-n2c3ccc(F)cc3c3c2cnn3C2CCCCO2)cnn1COCC[Si](C)(C)C. The van der Waals surface area contributed by atoms with E-state index in [1.165, 1.54) is 6.07 Å². The van der Waals surface area contributed by atoms with E-state index in [1.807, 2.05) is 27.8 Å². The van der Waals surface area contributed by atoms with Crippen molar-refractivity contribution in [2.45, 2.75) is 64.5 Å². The Morgan fingerprint density at radius 2 is 2.00 bits per heavy atom. The molecule has 1 aromatic carbocycles. The zero-order valence-corrected chi connectivity index (χ0v) is 22.0. The van der Waals surface area contributed by atoms with Crippen molar-refractivity contribution >= 4 is 30.0 Å². The molecule has 1 atom stereocenters. The van der Waals surface area contributed by atoms with Crippen LogP contribution in [-0.2, 0) is 27.5 Å². The van der Waals surface area contributed by atoms with Crippen LogP contribution in [0.2, 0.25) is 25.7 Å². The molecule has 5 rings (SSSR count). The van der Waals surface area contributed by atoms with Crippen LogP contribution < -0.4 is 0 Å². The first kappa shape index (κ1) is 24.2. The average molecular weight is 500 g/mol. The lowest BCUT2D eigenvalue weighted by Crippen LogP contribution is -2.22. The lowest BCUT2D eigenvalue weighted by atomic mass is 10.2. The minimum absolute atomic E-state index is 0.149. The summed E-state index contributed by atoms with van der Waals surface area (Å²) in [5.74, 6) is -0.280. The van der Waals surface area contributed by atoms with Gasteiger partial charge in [-0.2, -0.15) is 10.2 Å². The summed E-state index contributed by atoms with van der Waals surface area (Å²) in [5, 5.41) is 10.1. The second kappa shape index (κ2) is 9.85. The van der Waals surface area contributed by atoms with Gasteiger partial charge in [0.2, 0.25) is 0 Å². The number of nitrogens with zero attached hydrogens (tertiary/aromatic N) is 5. The topological polar surface area (TPSA) is 68.3 Å². The molecule has 4 heterocycles. The first-order valence-corrected chi connectivity index (χ1v) is 16.0. The molecule has 0 bridgehead atoms. The van der Waals surface area contributed by atoms with Gasteiger partial charge in [-0.25, -0.2) is 13.8 Å². The maximum Gasteiger partial charge on any atom is 0.150 e. The van der Waals surface area contributed by atoms with E-state index in [0.29, 0.717) is 26.6 Å². The van der Waals surface area contributed by atoms with Crippen LogP contribution in [0.15, 0.2) is 30.6 Å². The van der Waals surface area contributed by atoms with Gasteiger partial charge >= 0.3 is 0 Å². The number of hydrogen-bond acceptors (Lipinski definition) is 5. The number of fused-ring (bicyclic) bond motifs is 3. The maximum absolute atomic E-state index is 14.4. The summed E-state index contributed by atoms with van der Waals surface area (Å²) >= 11 is 0. The molecule has 35 heavy (non-hydrogen) atoms. The molecule has 188 valence electrons. The first-order chi connectivity index (χ1) is 16.9. The van der Waals surface area contributed by atoms with Gasteiger partial charge in [-0.15, -0.1) is 0 Å². The molecule has 3 aromatic heterocycles. The van der Waals surface area contributed by atoms with Gasteiger partial charge in [0.05, 0.1) is 46.9 Å². The molecule has 0 saturated carbocycles. The van der Waals surface area contributed by atoms with Crippen molar-refractivity contribution in [2.24, 2.45) is 0 Å². The molecule has 4 aromatic rings. The number of halogens is 1. The Balaban J connectivity index is 1.58. The Kier molecular flexibility index (Phi) is 6.80. The molecule has 1 fully saturated rings. The third kappa shape index (κ3) is 4.80. The summed E-state index contributed by atoms with van der Waals surface area (Å²) in [6.45, 7) is 9.15. The fraction of sp³-hybridized carbons (Fsp3) is 0.520. The lowest BCUT2D eigenvalue weighted by molar-refractivity contribution is -0.0365. The van der Waals surface area contributed by atoms with E-state index >= 15 is 0 Å². The summed E-state index contributed by atoms with van der Waals surface area (Å²) < 4.78 is 37.8. The van der Waals surface area contributed by atoms with E-state index < -0.39 is 8.07 Å². The van der Waals surface area contributed by atoms with Gasteiger partial charge in [0.25, 0.3) is 0 Å². The highest BCUT2D eigenvalue weighted by molar-refractivity contribution is 6.76. The standard InChI is InChI=1S/C25H34FN5O3Si/c1-32-16-23-21(14-27-29(23)17-33-11-12-35(2,3)4)30-20-9-8-18(26)13-19(20)25-22(30)15-28-31(25)24-7-5-6-10-34-24/h8-9,13-15,24H,5-7,10-12,16-17H2,1-4H3. The Morgan fingerprint density at radius 1 is 1.14 bits per heavy atom. The Morgan fingerprint density at radius 3 is 2.74 bits per heavy atom. The summed E-state index contributed by atoms with van der Waals surface area (Å²) in [4.78, 5) is 0. The van der Waals surface area contributed by atoms with Crippen LogP contribution in [-0.4, -0.2) is 52.5 Å². The van der Waals surface area contributed by atoms with Crippen molar-refractivity contribution in [2.75, 3.05) is 20.3 Å². The highest BCUT2D eigenvalue weighted by atomic mass is 28.3. The number of benzene rings is 1. The van der Waals surface area contributed by atoms with E-state index in [-0.39, 0.29) is 12.0 Å². The largest absolute Gasteiger partial charge is 0.378 e. The molecular weight excluding hydrogens is 465 g/mol. The van der Waals surface area contributed by atoms with Crippen LogP contribution in [0.1, 0.15) is 31.2 Å². The number of hydrogen-bond donors (Lipinski definition) is 0. The summed E-state index contributed by atoms with van der Waals surface area (Å²) in [6.07, 6.45) is 6.54. The quantitative estimate of drug-likeness (QED) is 0.226. The molecule has 0 aliphatic carbocycles. The third-order valence-corrected chi connectivity index (χ3v) is 8.26. The Labute approximate surface area is 205 Å². The number of aromatic nitrogens is 5. The Bertz CT molecular complexity index is 1320. The molecule has 1 saturated heterocycles. The second-order valence-corrected chi connectivity index (χ2v) is 16.0. The van der Waals surface area contributed by atoms with E-state index in [4.69, 9.17) is 14.2 Å². The van der Waals surface area contributed by atoms with Crippen LogP contribution in [0.5, 0.6) is 0 Å². The van der Waals surface area contributed by atoms with Crippen LogP contribution >= 0.6 is 0 Å². The van der Waals surface area contributed by atoms with E-state index in [2.05, 4.69) is 34.4 Å². The monoisotopic (exact) mass is 499 g/mol.